The second-order valence-electron chi connectivity index (χ2n) is 12.5. The van der Waals surface area contributed by atoms with Crippen molar-refractivity contribution < 1.29 is 29.0 Å². The number of fused-ring (bicyclic) bond motifs is 8. The average molecular weight is 639 g/mol. The minimum atomic E-state index is -1.12. The second-order valence-corrected chi connectivity index (χ2v) is 12.5. The monoisotopic (exact) mass is 638 g/mol. The van der Waals surface area contributed by atoms with Gasteiger partial charge in [0.05, 0.1) is 36.7 Å². The molecule has 3 aliphatic rings. The Balaban J connectivity index is 1.71. The first-order valence-electron chi connectivity index (χ1n) is 16.2. The Morgan fingerprint density at radius 2 is 1.77 bits per heavy atom. The van der Waals surface area contributed by atoms with Crippen LogP contribution in [0.25, 0.3) is 36.1 Å². The summed E-state index contributed by atoms with van der Waals surface area (Å²) in [5.41, 5.74) is 8.05. The van der Waals surface area contributed by atoms with E-state index < -0.39 is 17.9 Å². The number of ketones is 1. The summed E-state index contributed by atoms with van der Waals surface area (Å²) in [4.78, 5) is 50.6. The second kappa shape index (κ2) is 12.3. The Morgan fingerprint density at radius 1 is 1.02 bits per heavy atom. The smallest absolute Gasteiger partial charge is 0.320 e. The van der Waals surface area contributed by atoms with Gasteiger partial charge in [-0.05, 0) is 80.0 Å². The van der Waals surface area contributed by atoms with E-state index in [9.17, 15) is 19.5 Å². The first-order chi connectivity index (χ1) is 22.6. The number of esters is 2. The normalized spacial score (nSPS) is 24.1. The number of rotatable bonds is 7. The van der Waals surface area contributed by atoms with Crippen molar-refractivity contribution >= 4 is 53.9 Å². The van der Waals surface area contributed by atoms with Gasteiger partial charge in [-0.15, -0.1) is 0 Å². The molecule has 1 saturated heterocycles. The van der Waals surface area contributed by atoms with Crippen LogP contribution in [0.15, 0.2) is 12.3 Å². The zero-order valence-electron chi connectivity index (χ0n) is 27.7. The van der Waals surface area contributed by atoms with Gasteiger partial charge >= 0.3 is 11.9 Å². The molecule has 4 atom stereocenters. The number of methoxy groups -OCH3 is 1. The standard InChI is InChI=1S/C37H42N4O6/c1-8-20-17(4)24-13-25-18(5)22(11-12-30(43)47-10-3)34(40-25)32-33(37(45)46-7)36(44)31-19(6)26(41-35(31)32)14-28-21(9-2)23(16-42)29(39-28)15-27(20)38-24/h8,13-16,18,22,33-34,38-42H,1,9-12H2,2-7H3/b23-16+,25-13-,26-14+,29-15+/t18-,22-,33+,34?/m0/s1. The van der Waals surface area contributed by atoms with Gasteiger partial charge in [-0.1, -0.05) is 26.5 Å². The summed E-state index contributed by atoms with van der Waals surface area (Å²) in [7, 11) is 1.30. The molecule has 0 spiro atoms. The van der Waals surface area contributed by atoms with Crippen LogP contribution in [0.2, 0.25) is 0 Å². The first kappa shape index (κ1) is 32.0. The lowest BCUT2D eigenvalue weighted by Crippen LogP contribution is -2.38. The number of nitrogens with one attached hydrogen (secondary N) is 4. The van der Waals surface area contributed by atoms with Crippen LogP contribution in [0, 0.1) is 31.6 Å². The van der Waals surface area contributed by atoms with Gasteiger partial charge in [-0.2, -0.15) is 0 Å². The number of ether oxygens (including phenoxy) is 2. The third kappa shape index (κ3) is 5.06. The van der Waals surface area contributed by atoms with E-state index >= 15 is 0 Å². The molecule has 8 bridgehead atoms. The fraction of sp³-hybridized carbons (Fsp3) is 0.378. The molecule has 10 heteroatoms. The van der Waals surface area contributed by atoms with Crippen molar-refractivity contribution in [2.24, 2.45) is 17.8 Å². The lowest BCUT2D eigenvalue weighted by molar-refractivity contribution is -0.144. The van der Waals surface area contributed by atoms with Crippen LogP contribution in [0.1, 0.15) is 83.3 Å². The number of hydrogen-bond donors (Lipinski definition) is 5. The van der Waals surface area contributed by atoms with Crippen molar-refractivity contribution in [1.29, 1.82) is 0 Å². The summed E-state index contributed by atoms with van der Waals surface area (Å²) < 4.78 is 10.5. The number of hydrogen-bond acceptors (Lipinski definition) is 7. The maximum Gasteiger partial charge on any atom is 0.320 e. The van der Waals surface area contributed by atoms with Crippen molar-refractivity contribution in [3.8, 4) is 0 Å². The number of aliphatic hydroxyl groups is 1. The average Bonchev–Trinajstić information content (AvgIpc) is 3.80. The largest absolute Gasteiger partial charge is 0.515 e. The van der Waals surface area contributed by atoms with Crippen LogP contribution in [0.5, 0.6) is 0 Å². The topological polar surface area (TPSA) is 149 Å². The van der Waals surface area contributed by atoms with Crippen molar-refractivity contribution in [2.75, 3.05) is 13.7 Å². The highest BCUT2D eigenvalue weighted by Gasteiger charge is 2.49. The molecule has 10 nitrogen and oxygen atoms in total. The number of Topliss-reactive ketones (excluding diaryl/α,β-unsaturated/α-hetero) is 1. The zero-order valence-corrected chi connectivity index (χ0v) is 27.7. The molecule has 6 rings (SSSR count). The van der Waals surface area contributed by atoms with E-state index in [2.05, 4.69) is 39.8 Å². The molecule has 0 aromatic carbocycles. The van der Waals surface area contributed by atoms with Crippen molar-refractivity contribution in [3.63, 3.8) is 0 Å². The minimum absolute atomic E-state index is 0.0623. The van der Waals surface area contributed by atoms with Gasteiger partial charge in [-0.25, -0.2) is 0 Å². The SMILES string of the molecule is C=Cc1c2[nH]c(c1C)/C=C1\NC(C3=c4[nH]/c(c(C)c4C(=O)[C@@H]3C(=O)OC)=C/c3[nH]c(/c(=C/O)c3CC)=C/2)[C@@H](CCC(=O)OCC)[C@@H]1C. The van der Waals surface area contributed by atoms with Gasteiger partial charge in [0, 0.05) is 56.8 Å². The van der Waals surface area contributed by atoms with Crippen LogP contribution in [0.4, 0.5) is 0 Å². The number of allylic oxidation sites excluding steroid dienone is 1. The number of H-pyrrole nitrogens is 3. The quantitative estimate of drug-likeness (QED) is 0.197. The maximum absolute atomic E-state index is 14.1. The van der Waals surface area contributed by atoms with E-state index in [-0.39, 0.29) is 30.0 Å². The molecule has 0 amide bonds. The molecule has 246 valence electrons. The predicted octanol–water partition coefficient (Wildman–Crippen LogP) is 2.50. The summed E-state index contributed by atoms with van der Waals surface area (Å²) in [5, 5.41) is 16.8. The molecular formula is C37H42N4O6. The molecule has 5 N–H and O–H groups in total. The van der Waals surface area contributed by atoms with Crippen molar-refractivity contribution in [1.82, 2.24) is 20.3 Å². The van der Waals surface area contributed by atoms with Crippen LogP contribution < -0.4 is 26.6 Å². The lowest BCUT2D eigenvalue weighted by atomic mass is 9.80. The van der Waals surface area contributed by atoms with Gasteiger partial charge in [0.1, 0.15) is 5.92 Å². The maximum atomic E-state index is 14.1. The molecule has 47 heavy (non-hydrogen) atoms. The van der Waals surface area contributed by atoms with Gasteiger partial charge < -0.3 is 34.8 Å². The number of aromatic nitrogens is 3. The molecule has 3 aromatic heterocycles. The summed E-state index contributed by atoms with van der Waals surface area (Å²) in [6.07, 6.45) is 10.3. The van der Waals surface area contributed by atoms with Gasteiger partial charge in [0.2, 0.25) is 0 Å². The Labute approximate surface area is 272 Å². The highest BCUT2D eigenvalue weighted by molar-refractivity contribution is 6.19. The number of carbonyl (C=O) groups is 3. The molecule has 5 heterocycles. The lowest BCUT2D eigenvalue weighted by Gasteiger charge is -2.25. The number of aliphatic hydroxyl groups excluding tert-OH is 1. The molecular weight excluding hydrogens is 596 g/mol. The number of aromatic amines is 3. The van der Waals surface area contributed by atoms with Crippen LogP contribution in [-0.2, 0) is 25.5 Å². The summed E-state index contributed by atoms with van der Waals surface area (Å²) in [6.45, 7) is 14.2. The Bertz CT molecular complexity index is 2110. The van der Waals surface area contributed by atoms with E-state index in [0.29, 0.717) is 41.2 Å². The predicted molar refractivity (Wildman–Crippen MR) is 181 cm³/mol. The highest BCUT2D eigenvalue weighted by Crippen LogP contribution is 2.42. The van der Waals surface area contributed by atoms with Gasteiger partial charge in [0.25, 0.3) is 0 Å². The van der Waals surface area contributed by atoms with Crippen LogP contribution in [-0.4, -0.2) is 57.5 Å². The summed E-state index contributed by atoms with van der Waals surface area (Å²) in [6, 6.07) is -0.446. The van der Waals surface area contributed by atoms with Gasteiger partial charge in [-0.3, -0.25) is 14.4 Å². The first-order valence-corrected chi connectivity index (χ1v) is 16.2. The molecule has 1 unspecified atom stereocenters. The third-order valence-electron chi connectivity index (χ3n) is 10.2. The molecule has 2 aliphatic heterocycles. The van der Waals surface area contributed by atoms with Crippen molar-refractivity contribution in [3.05, 3.63) is 78.4 Å². The Morgan fingerprint density at radius 3 is 2.43 bits per heavy atom. The summed E-state index contributed by atoms with van der Waals surface area (Å²) >= 11 is 0. The summed E-state index contributed by atoms with van der Waals surface area (Å²) in [5.74, 6) is -2.54. The molecule has 1 fully saturated rings. The van der Waals surface area contributed by atoms with E-state index in [0.717, 1.165) is 62.0 Å². The highest BCUT2D eigenvalue weighted by atomic mass is 16.5. The fourth-order valence-corrected chi connectivity index (χ4v) is 7.73. The van der Waals surface area contributed by atoms with E-state index in [1.54, 1.807) is 6.92 Å². The Hall–Kier alpha value is -4.99. The zero-order chi connectivity index (χ0) is 33.7. The van der Waals surface area contributed by atoms with E-state index in [1.807, 2.05) is 39.0 Å². The Kier molecular flexibility index (Phi) is 8.38. The molecule has 0 saturated carbocycles. The van der Waals surface area contributed by atoms with Crippen molar-refractivity contribution in [2.45, 2.75) is 59.9 Å². The fourth-order valence-electron chi connectivity index (χ4n) is 7.73. The van der Waals surface area contributed by atoms with Crippen LogP contribution >= 0.6 is 0 Å². The minimum Gasteiger partial charge on any atom is -0.515 e. The molecule has 3 aromatic rings. The van der Waals surface area contributed by atoms with E-state index in [1.165, 1.54) is 7.11 Å². The third-order valence-corrected chi connectivity index (χ3v) is 10.2. The van der Waals surface area contributed by atoms with Gasteiger partial charge in [0.15, 0.2) is 5.78 Å². The van der Waals surface area contributed by atoms with E-state index in [4.69, 9.17) is 9.47 Å². The van der Waals surface area contributed by atoms with Crippen LogP contribution in [0.3, 0.4) is 0 Å². The number of carbonyl (C=O) groups excluding carboxylic acids is 3. The molecule has 0 radical (unpaired) electrons. The molecule has 1 aliphatic carbocycles.